The molecule has 2 rings (SSSR count). The number of rotatable bonds is 6. The van der Waals surface area contributed by atoms with Gasteiger partial charge in [0.05, 0.1) is 4.90 Å². The summed E-state index contributed by atoms with van der Waals surface area (Å²) in [4.78, 5) is 12.4. The minimum atomic E-state index is -3.56. The van der Waals surface area contributed by atoms with Crippen LogP contribution in [0.4, 0.5) is 5.69 Å². The molecule has 0 aliphatic rings. The lowest BCUT2D eigenvalue weighted by molar-refractivity contribution is -0.116. The van der Waals surface area contributed by atoms with Crippen molar-refractivity contribution in [3.63, 3.8) is 0 Å². The van der Waals surface area contributed by atoms with Gasteiger partial charge in [0.1, 0.15) is 0 Å². The number of aryl methyl sites for hydroxylation is 2. The molecule has 0 radical (unpaired) electrons. The number of amides is 1. The molecule has 0 spiro atoms. The van der Waals surface area contributed by atoms with Crippen LogP contribution >= 0.6 is 0 Å². The molecule has 0 bridgehead atoms. The molecule has 5 nitrogen and oxygen atoms in total. The summed E-state index contributed by atoms with van der Waals surface area (Å²) in [6.45, 7) is 8.22. The molecule has 2 N–H and O–H groups in total. The van der Waals surface area contributed by atoms with Gasteiger partial charge in [-0.2, -0.15) is 0 Å². The van der Waals surface area contributed by atoms with Crippen LogP contribution in [0.1, 0.15) is 43.9 Å². The number of sulfonamides is 1. The number of nitrogens with one attached hydrogen (secondary N) is 2. The van der Waals surface area contributed by atoms with Crippen molar-refractivity contribution in [1.29, 1.82) is 0 Å². The maximum Gasteiger partial charge on any atom is 0.240 e. The van der Waals surface area contributed by atoms with Gasteiger partial charge in [0.15, 0.2) is 0 Å². The van der Waals surface area contributed by atoms with Gasteiger partial charge in [-0.25, -0.2) is 13.1 Å². The van der Waals surface area contributed by atoms with E-state index in [4.69, 9.17) is 0 Å². The summed E-state index contributed by atoms with van der Waals surface area (Å²) in [5, 5.41) is 2.78. The zero-order valence-corrected chi connectivity index (χ0v) is 17.4. The molecule has 6 heteroatoms. The first-order valence-corrected chi connectivity index (χ1v) is 10.4. The van der Waals surface area contributed by atoms with Crippen molar-refractivity contribution in [1.82, 2.24) is 4.72 Å². The third-order valence-electron chi connectivity index (χ3n) is 4.49. The molecule has 2 aromatic carbocycles. The number of benzene rings is 2. The van der Waals surface area contributed by atoms with Gasteiger partial charge in [-0.05, 0) is 54.6 Å². The molecular weight excluding hydrogens is 360 g/mol. The van der Waals surface area contributed by atoms with Gasteiger partial charge in [0, 0.05) is 12.1 Å². The molecule has 0 aliphatic heterocycles. The Bertz CT molecular complexity index is 911. The SMILES string of the molecule is CNS(=O)(=O)c1cc(NC(=O)CCc2ccc(C(C)(C)C)cc2)ccc1C. The van der Waals surface area contributed by atoms with Crippen LogP contribution < -0.4 is 10.0 Å². The normalized spacial score (nSPS) is 12.0. The smallest absolute Gasteiger partial charge is 0.240 e. The van der Waals surface area contributed by atoms with E-state index in [1.54, 1.807) is 19.1 Å². The highest BCUT2D eigenvalue weighted by Crippen LogP contribution is 2.23. The molecule has 0 fully saturated rings. The molecule has 1 amide bonds. The van der Waals surface area contributed by atoms with E-state index in [1.165, 1.54) is 18.7 Å². The van der Waals surface area contributed by atoms with Crippen LogP contribution in [0.3, 0.4) is 0 Å². The van der Waals surface area contributed by atoms with Crippen molar-refractivity contribution in [2.24, 2.45) is 0 Å². The van der Waals surface area contributed by atoms with E-state index < -0.39 is 10.0 Å². The topological polar surface area (TPSA) is 75.3 Å². The van der Waals surface area contributed by atoms with Crippen molar-refractivity contribution in [2.75, 3.05) is 12.4 Å². The Morgan fingerprint density at radius 1 is 1.04 bits per heavy atom. The number of hydrogen-bond acceptors (Lipinski definition) is 3. The average Bonchev–Trinajstić information content (AvgIpc) is 2.61. The van der Waals surface area contributed by atoms with E-state index in [0.717, 1.165) is 5.56 Å². The second-order valence-corrected chi connectivity index (χ2v) is 9.54. The monoisotopic (exact) mass is 388 g/mol. The molecule has 0 aromatic heterocycles. The van der Waals surface area contributed by atoms with Gasteiger partial charge < -0.3 is 5.32 Å². The van der Waals surface area contributed by atoms with Crippen LogP contribution in [0.25, 0.3) is 0 Å². The van der Waals surface area contributed by atoms with Crippen molar-refractivity contribution in [2.45, 2.75) is 50.8 Å². The van der Waals surface area contributed by atoms with Crippen LogP contribution in [0.2, 0.25) is 0 Å². The summed E-state index contributed by atoms with van der Waals surface area (Å²) in [6.07, 6.45) is 0.959. The van der Waals surface area contributed by atoms with Gasteiger partial charge in [0.2, 0.25) is 15.9 Å². The third-order valence-corrected chi connectivity index (χ3v) is 6.05. The average molecular weight is 389 g/mol. The van der Waals surface area contributed by atoms with Crippen LogP contribution in [-0.4, -0.2) is 21.4 Å². The Kier molecular flexibility index (Phi) is 6.44. The fourth-order valence-corrected chi connectivity index (χ4v) is 3.72. The molecular formula is C21H28N2O3S. The van der Waals surface area contributed by atoms with Crippen LogP contribution in [-0.2, 0) is 26.7 Å². The highest BCUT2D eigenvalue weighted by atomic mass is 32.2. The van der Waals surface area contributed by atoms with E-state index in [0.29, 0.717) is 24.1 Å². The predicted molar refractivity (Wildman–Crippen MR) is 110 cm³/mol. The number of carbonyl (C=O) groups excluding carboxylic acids is 1. The summed E-state index contributed by atoms with van der Waals surface area (Å²) in [7, 11) is -2.19. The number of anilines is 1. The summed E-state index contributed by atoms with van der Waals surface area (Å²) < 4.78 is 26.4. The van der Waals surface area contributed by atoms with E-state index in [9.17, 15) is 13.2 Å². The third kappa shape index (κ3) is 5.65. The van der Waals surface area contributed by atoms with Crippen molar-refractivity contribution >= 4 is 21.6 Å². The Hall–Kier alpha value is -2.18. The van der Waals surface area contributed by atoms with Gasteiger partial charge in [-0.3, -0.25) is 4.79 Å². The quantitative estimate of drug-likeness (QED) is 0.791. The van der Waals surface area contributed by atoms with E-state index in [-0.39, 0.29) is 16.2 Å². The molecule has 0 saturated carbocycles. The van der Waals surface area contributed by atoms with E-state index in [1.807, 2.05) is 0 Å². The fraction of sp³-hybridized carbons (Fsp3) is 0.381. The second kappa shape index (κ2) is 8.23. The summed E-state index contributed by atoms with van der Waals surface area (Å²) in [5.74, 6) is -0.147. The largest absolute Gasteiger partial charge is 0.326 e. The maximum atomic E-state index is 12.3. The lowest BCUT2D eigenvalue weighted by Crippen LogP contribution is -2.20. The maximum absolute atomic E-state index is 12.3. The summed E-state index contributed by atoms with van der Waals surface area (Å²) >= 11 is 0. The predicted octanol–water partition coefficient (Wildman–Crippen LogP) is 3.77. The number of hydrogen-bond donors (Lipinski definition) is 2. The van der Waals surface area contributed by atoms with Crippen LogP contribution in [0.15, 0.2) is 47.4 Å². The van der Waals surface area contributed by atoms with Gasteiger partial charge in [-0.15, -0.1) is 0 Å². The summed E-state index contributed by atoms with van der Waals surface area (Å²) in [6, 6.07) is 13.2. The first kappa shape index (κ1) is 21.1. The Morgan fingerprint density at radius 2 is 1.67 bits per heavy atom. The molecule has 27 heavy (non-hydrogen) atoms. The zero-order valence-electron chi connectivity index (χ0n) is 16.6. The Labute approximate surface area is 162 Å². The standard InChI is InChI=1S/C21H28N2O3S/c1-15-6-12-18(14-19(15)27(25,26)22-5)23-20(24)13-9-16-7-10-17(11-8-16)21(2,3)4/h6-8,10-12,14,22H,9,13H2,1-5H3,(H,23,24). The highest BCUT2D eigenvalue weighted by Gasteiger charge is 2.16. The Morgan fingerprint density at radius 3 is 2.22 bits per heavy atom. The van der Waals surface area contributed by atoms with Gasteiger partial charge in [0.25, 0.3) is 0 Å². The Balaban J connectivity index is 2.01. The van der Waals surface area contributed by atoms with Crippen molar-refractivity contribution in [3.05, 3.63) is 59.2 Å². The van der Waals surface area contributed by atoms with Crippen LogP contribution in [0.5, 0.6) is 0 Å². The lowest BCUT2D eigenvalue weighted by atomic mass is 9.86. The van der Waals surface area contributed by atoms with Crippen LogP contribution in [0, 0.1) is 6.92 Å². The lowest BCUT2D eigenvalue weighted by Gasteiger charge is -2.19. The minimum absolute atomic E-state index is 0.104. The molecule has 0 heterocycles. The molecule has 0 aliphatic carbocycles. The number of carbonyl (C=O) groups is 1. The van der Waals surface area contributed by atoms with Gasteiger partial charge >= 0.3 is 0 Å². The highest BCUT2D eigenvalue weighted by molar-refractivity contribution is 7.89. The first-order valence-electron chi connectivity index (χ1n) is 8.96. The molecule has 0 unspecified atom stereocenters. The molecule has 0 atom stereocenters. The van der Waals surface area contributed by atoms with E-state index >= 15 is 0 Å². The second-order valence-electron chi connectivity index (χ2n) is 7.68. The first-order chi connectivity index (χ1) is 12.5. The summed E-state index contributed by atoms with van der Waals surface area (Å²) in [5.41, 5.74) is 3.56. The van der Waals surface area contributed by atoms with E-state index in [2.05, 4.69) is 55.1 Å². The van der Waals surface area contributed by atoms with Crippen molar-refractivity contribution < 1.29 is 13.2 Å². The van der Waals surface area contributed by atoms with Gasteiger partial charge in [-0.1, -0.05) is 51.1 Å². The fourth-order valence-electron chi connectivity index (χ4n) is 2.73. The van der Waals surface area contributed by atoms with Crippen molar-refractivity contribution in [3.8, 4) is 0 Å². The molecule has 146 valence electrons. The molecule has 2 aromatic rings. The minimum Gasteiger partial charge on any atom is -0.326 e. The molecule has 0 saturated heterocycles. The zero-order chi connectivity index (χ0) is 20.2.